The maximum Gasteiger partial charge on any atom is 0.298 e. The van der Waals surface area contributed by atoms with E-state index in [9.17, 15) is 9.59 Å². The number of carbonyl (C=O) groups excluding carboxylic acids is 2. The molecular formula is C9H12N2O2. The molecule has 1 rings (SSSR count). The molecule has 1 N–H and O–H groups in total. The number of hydrogen-bond acceptors (Lipinski definition) is 2. The van der Waals surface area contributed by atoms with Crippen LogP contribution in [0.25, 0.3) is 0 Å². The Labute approximate surface area is 77.3 Å². The smallest absolute Gasteiger partial charge is 0.298 e. The van der Waals surface area contributed by atoms with Crippen molar-refractivity contribution in [1.82, 2.24) is 10.2 Å². The van der Waals surface area contributed by atoms with Gasteiger partial charge >= 0.3 is 0 Å². The van der Waals surface area contributed by atoms with Crippen molar-refractivity contribution in [1.29, 1.82) is 0 Å². The molecule has 4 nitrogen and oxygen atoms in total. The molecule has 70 valence electrons. The average molecular weight is 180 g/mol. The summed E-state index contributed by atoms with van der Waals surface area (Å²) in [5.41, 5.74) is 0. The fourth-order valence-electron chi connectivity index (χ4n) is 1.29. The highest BCUT2D eigenvalue weighted by atomic mass is 16.2. The van der Waals surface area contributed by atoms with Gasteiger partial charge in [-0.05, 0) is 19.3 Å². The minimum absolute atomic E-state index is 0.0891. The first-order valence-corrected chi connectivity index (χ1v) is 4.14. The topological polar surface area (TPSA) is 49.4 Å². The molecule has 4 heteroatoms. The normalized spacial score (nSPS) is 20.2. The Balaban J connectivity index is 2.64. The highest BCUT2D eigenvalue weighted by Gasteiger charge is 2.29. The molecule has 2 amide bonds. The minimum Gasteiger partial charge on any atom is -0.354 e. The Morgan fingerprint density at radius 1 is 1.69 bits per heavy atom. The number of nitrogens with one attached hydrogen (secondary N) is 1. The van der Waals surface area contributed by atoms with Gasteiger partial charge in [-0.3, -0.25) is 9.59 Å². The predicted molar refractivity (Wildman–Crippen MR) is 47.6 cm³/mol. The van der Waals surface area contributed by atoms with Crippen molar-refractivity contribution < 1.29 is 9.59 Å². The number of carbonyl (C=O) groups is 2. The molecule has 0 aromatic carbocycles. The van der Waals surface area contributed by atoms with E-state index in [1.54, 1.807) is 14.0 Å². The van der Waals surface area contributed by atoms with E-state index >= 15 is 0 Å². The third-order valence-electron chi connectivity index (χ3n) is 2.04. The lowest BCUT2D eigenvalue weighted by Gasteiger charge is -2.19. The summed E-state index contributed by atoms with van der Waals surface area (Å²) in [6, 6.07) is -0.339. The summed E-state index contributed by atoms with van der Waals surface area (Å²) in [4.78, 5) is 23.8. The summed E-state index contributed by atoms with van der Waals surface area (Å²) in [5.74, 6) is 4.52. The number of likely N-dealkylation sites (N-methyl/N-ethyl adjacent to an activating group) is 1. The molecule has 0 radical (unpaired) electrons. The van der Waals surface area contributed by atoms with Crippen LogP contribution in [0, 0.1) is 11.8 Å². The van der Waals surface area contributed by atoms with Gasteiger partial charge in [-0.15, -0.1) is 0 Å². The third kappa shape index (κ3) is 2.00. The minimum atomic E-state index is -0.339. The van der Waals surface area contributed by atoms with Crippen molar-refractivity contribution in [3.05, 3.63) is 0 Å². The van der Waals surface area contributed by atoms with Crippen molar-refractivity contribution >= 4 is 11.8 Å². The van der Waals surface area contributed by atoms with Crippen molar-refractivity contribution in [2.75, 3.05) is 13.6 Å². The van der Waals surface area contributed by atoms with Crippen LogP contribution in [0.3, 0.4) is 0 Å². The number of nitrogens with zero attached hydrogens (tertiary/aromatic N) is 1. The van der Waals surface area contributed by atoms with Crippen LogP contribution in [0.4, 0.5) is 0 Å². The van der Waals surface area contributed by atoms with Gasteiger partial charge in [-0.2, -0.15) is 0 Å². The second-order valence-corrected chi connectivity index (χ2v) is 2.89. The molecule has 0 bridgehead atoms. The lowest BCUT2D eigenvalue weighted by Crippen LogP contribution is -2.41. The number of rotatable bonds is 1. The molecule has 1 heterocycles. The highest BCUT2D eigenvalue weighted by molar-refractivity contribution is 5.97. The van der Waals surface area contributed by atoms with E-state index in [2.05, 4.69) is 17.2 Å². The summed E-state index contributed by atoms with van der Waals surface area (Å²) in [5, 5.41) is 2.67. The van der Waals surface area contributed by atoms with Crippen molar-refractivity contribution in [2.45, 2.75) is 19.4 Å². The second kappa shape index (κ2) is 3.94. The highest BCUT2D eigenvalue weighted by Crippen LogP contribution is 2.07. The van der Waals surface area contributed by atoms with E-state index in [0.717, 1.165) is 0 Å². The van der Waals surface area contributed by atoms with Crippen LogP contribution in [0.15, 0.2) is 0 Å². The molecule has 1 saturated heterocycles. The van der Waals surface area contributed by atoms with Crippen LogP contribution >= 0.6 is 0 Å². The summed E-state index contributed by atoms with van der Waals surface area (Å²) in [6.45, 7) is 2.24. The van der Waals surface area contributed by atoms with Crippen molar-refractivity contribution in [3.8, 4) is 11.8 Å². The molecule has 0 aromatic rings. The summed E-state index contributed by atoms with van der Waals surface area (Å²) in [7, 11) is 1.60. The zero-order valence-corrected chi connectivity index (χ0v) is 7.76. The van der Waals surface area contributed by atoms with Gasteiger partial charge in [-0.1, -0.05) is 5.92 Å². The zero-order chi connectivity index (χ0) is 9.84. The first-order valence-electron chi connectivity index (χ1n) is 4.14. The van der Waals surface area contributed by atoms with Gasteiger partial charge in [0.2, 0.25) is 5.91 Å². The summed E-state index contributed by atoms with van der Waals surface area (Å²) in [6.07, 6.45) is 0.673. The SMILES string of the molecule is CC#CC(=O)N(C)C1CCNC1=O. The van der Waals surface area contributed by atoms with Gasteiger partial charge in [0.15, 0.2) is 0 Å². The largest absolute Gasteiger partial charge is 0.354 e. The predicted octanol–water partition coefficient (Wildman–Crippen LogP) is -0.643. The molecule has 1 unspecified atom stereocenters. The van der Waals surface area contributed by atoms with Crippen LogP contribution < -0.4 is 5.32 Å². The molecule has 1 aliphatic heterocycles. The van der Waals surface area contributed by atoms with Gasteiger partial charge in [0, 0.05) is 13.6 Å². The fraction of sp³-hybridized carbons (Fsp3) is 0.556. The third-order valence-corrected chi connectivity index (χ3v) is 2.04. The van der Waals surface area contributed by atoms with Crippen molar-refractivity contribution in [2.24, 2.45) is 0 Å². The lowest BCUT2D eigenvalue weighted by atomic mass is 10.2. The summed E-state index contributed by atoms with van der Waals surface area (Å²) < 4.78 is 0. The first kappa shape index (κ1) is 9.59. The zero-order valence-electron chi connectivity index (χ0n) is 7.76. The van der Waals surface area contributed by atoms with E-state index in [0.29, 0.717) is 13.0 Å². The van der Waals surface area contributed by atoms with Gasteiger partial charge < -0.3 is 10.2 Å². The van der Waals surface area contributed by atoms with Crippen LogP contribution in [-0.4, -0.2) is 36.3 Å². The Kier molecular flexibility index (Phi) is 2.91. The van der Waals surface area contributed by atoms with E-state index in [4.69, 9.17) is 0 Å². The Bertz CT molecular complexity index is 288. The fourth-order valence-corrected chi connectivity index (χ4v) is 1.29. The number of amides is 2. The van der Waals surface area contributed by atoms with Gasteiger partial charge in [0.1, 0.15) is 6.04 Å². The maximum absolute atomic E-state index is 11.2. The van der Waals surface area contributed by atoms with E-state index in [1.165, 1.54) is 4.90 Å². The van der Waals surface area contributed by atoms with Crippen LogP contribution in [0.1, 0.15) is 13.3 Å². The van der Waals surface area contributed by atoms with Crippen LogP contribution in [0.5, 0.6) is 0 Å². The molecule has 1 atom stereocenters. The molecule has 0 saturated carbocycles. The summed E-state index contributed by atoms with van der Waals surface area (Å²) >= 11 is 0. The number of hydrogen-bond donors (Lipinski definition) is 1. The second-order valence-electron chi connectivity index (χ2n) is 2.89. The Morgan fingerprint density at radius 3 is 2.85 bits per heavy atom. The maximum atomic E-state index is 11.2. The standard InChI is InChI=1S/C9H12N2O2/c1-3-4-8(12)11(2)7-5-6-10-9(7)13/h7H,5-6H2,1-2H3,(H,10,13). The quantitative estimate of drug-likeness (QED) is 0.545. The molecule has 0 aromatic heterocycles. The average Bonchev–Trinajstić information content (AvgIpc) is 2.50. The molecule has 1 aliphatic rings. The lowest BCUT2D eigenvalue weighted by molar-refractivity contribution is -0.133. The Hall–Kier alpha value is -1.50. The molecule has 0 aliphatic carbocycles. The molecular weight excluding hydrogens is 168 g/mol. The molecule has 13 heavy (non-hydrogen) atoms. The monoisotopic (exact) mass is 180 g/mol. The molecule has 0 spiro atoms. The van der Waals surface area contributed by atoms with Crippen LogP contribution in [-0.2, 0) is 9.59 Å². The van der Waals surface area contributed by atoms with E-state index in [-0.39, 0.29) is 17.9 Å². The first-order chi connectivity index (χ1) is 6.16. The van der Waals surface area contributed by atoms with Crippen molar-refractivity contribution in [3.63, 3.8) is 0 Å². The van der Waals surface area contributed by atoms with Gasteiger partial charge in [0.05, 0.1) is 0 Å². The molecule has 1 fully saturated rings. The van der Waals surface area contributed by atoms with Crippen LogP contribution in [0.2, 0.25) is 0 Å². The van der Waals surface area contributed by atoms with E-state index in [1.807, 2.05) is 0 Å². The Morgan fingerprint density at radius 2 is 2.38 bits per heavy atom. The van der Waals surface area contributed by atoms with Gasteiger partial charge in [-0.25, -0.2) is 0 Å². The van der Waals surface area contributed by atoms with Gasteiger partial charge in [0.25, 0.3) is 5.91 Å². The van der Waals surface area contributed by atoms with E-state index < -0.39 is 0 Å².